The van der Waals surface area contributed by atoms with Crippen molar-refractivity contribution in [3.63, 3.8) is 0 Å². The van der Waals surface area contributed by atoms with Crippen molar-refractivity contribution in [2.45, 2.75) is 18.9 Å². The quantitative estimate of drug-likeness (QED) is 0.779. The summed E-state index contributed by atoms with van der Waals surface area (Å²) in [6, 6.07) is 6.46. The molecule has 1 aliphatic carbocycles. The summed E-state index contributed by atoms with van der Waals surface area (Å²) in [7, 11) is 0. The molecule has 1 amide bonds. The van der Waals surface area contributed by atoms with E-state index in [-0.39, 0.29) is 11.5 Å². The number of halogens is 2. The van der Waals surface area contributed by atoms with Crippen LogP contribution in [-0.2, 0) is 0 Å². The number of alkyl halides is 1. The molecule has 0 radical (unpaired) electrons. The van der Waals surface area contributed by atoms with Gasteiger partial charge in [-0.15, -0.1) is 0 Å². The molecule has 1 aliphatic rings. The van der Waals surface area contributed by atoms with Gasteiger partial charge < -0.3 is 4.90 Å². The van der Waals surface area contributed by atoms with Gasteiger partial charge in [0, 0.05) is 17.9 Å². The summed E-state index contributed by atoms with van der Waals surface area (Å²) in [5, 5.41) is 0.726. The van der Waals surface area contributed by atoms with Crippen molar-refractivity contribution in [1.82, 2.24) is 4.90 Å². The van der Waals surface area contributed by atoms with Crippen molar-refractivity contribution in [3.8, 4) is 0 Å². The maximum atomic E-state index is 13.5. The monoisotopic (exact) mass is 285 g/mol. The van der Waals surface area contributed by atoms with Gasteiger partial charge in [0.1, 0.15) is 5.82 Å². The highest BCUT2D eigenvalue weighted by Crippen LogP contribution is 2.28. The van der Waals surface area contributed by atoms with Crippen molar-refractivity contribution in [2.75, 3.05) is 11.9 Å². The molecule has 0 atom stereocenters. The first-order chi connectivity index (χ1) is 7.74. The van der Waals surface area contributed by atoms with Crippen LogP contribution in [0.3, 0.4) is 0 Å². The Morgan fingerprint density at radius 1 is 1.44 bits per heavy atom. The fraction of sp³-hybridized carbons (Fsp3) is 0.417. The highest BCUT2D eigenvalue weighted by molar-refractivity contribution is 9.09. The minimum atomic E-state index is -0.437. The Balaban J connectivity index is 2.19. The topological polar surface area (TPSA) is 20.3 Å². The van der Waals surface area contributed by atoms with E-state index in [1.54, 1.807) is 23.1 Å². The van der Waals surface area contributed by atoms with Gasteiger partial charge in [-0.25, -0.2) is 4.39 Å². The van der Waals surface area contributed by atoms with Crippen LogP contribution in [0.2, 0.25) is 0 Å². The first-order valence-corrected chi connectivity index (χ1v) is 6.47. The molecule has 0 N–H and O–H groups in total. The van der Waals surface area contributed by atoms with Gasteiger partial charge in [0.05, 0.1) is 5.56 Å². The zero-order valence-electron chi connectivity index (χ0n) is 8.83. The lowest BCUT2D eigenvalue weighted by Crippen LogP contribution is -2.35. The fourth-order valence-electron chi connectivity index (χ4n) is 1.72. The summed E-state index contributed by atoms with van der Waals surface area (Å²) in [4.78, 5) is 13.9. The average Bonchev–Trinajstić information content (AvgIpc) is 3.09. The highest BCUT2D eigenvalue weighted by Gasteiger charge is 2.33. The number of benzene rings is 1. The van der Waals surface area contributed by atoms with Crippen LogP contribution in [0.25, 0.3) is 0 Å². The molecular weight excluding hydrogens is 273 g/mol. The number of hydrogen-bond acceptors (Lipinski definition) is 1. The molecule has 1 aromatic rings. The lowest BCUT2D eigenvalue weighted by molar-refractivity contribution is 0.0750. The van der Waals surface area contributed by atoms with E-state index < -0.39 is 5.82 Å². The number of nitrogens with zero attached hydrogens (tertiary/aromatic N) is 1. The van der Waals surface area contributed by atoms with Gasteiger partial charge in [-0.1, -0.05) is 28.1 Å². The van der Waals surface area contributed by atoms with Crippen LogP contribution in [0.5, 0.6) is 0 Å². The lowest BCUT2D eigenvalue weighted by atomic mass is 10.2. The van der Waals surface area contributed by atoms with Gasteiger partial charge in [-0.3, -0.25) is 4.79 Å². The molecular formula is C12H13BrFNO. The molecule has 0 spiro atoms. The van der Waals surface area contributed by atoms with Crippen LogP contribution in [0.15, 0.2) is 24.3 Å². The molecule has 2 nitrogen and oxygen atoms in total. The van der Waals surface area contributed by atoms with Gasteiger partial charge >= 0.3 is 0 Å². The summed E-state index contributed by atoms with van der Waals surface area (Å²) in [6.07, 6.45) is 2.07. The number of amides is 1. The first kappa shape index (κ1) is 11.6. The van der Waals surface area contributed by atoms with E-state index in [1.165, 1.54) is 6.07 Å². The Morgan fingerprint density at radius 3 is 2.69 bits per heavy atom. The molecule has 0 heterocycles. The molecule has 86 valence electrons. The van der Waals surface area contributed by atoms with E-state index >= 15 is 0 Å². The molecule has 0 aliphatic heterocycles. The highest BCUT2D eigenvalue weighted by atomic mass is 79.9. The smallest absolute Gasteiger partial charge is 0.257 e. The predicted molar refractivity (Wildman–Crippen MR) is 64.3 cm³/mol. The van der Waals surface area contributed by atoms with Crippen molar-refractivity contribution >= 4 is 21.8 Å². The molecule has 1 fully saturated rings. The second kappa shape index (κ2) is 4.95. The number of hydrogen-bond donors (Lipinski definition) is 0. The summed E-state index contributed by atoms with van der Waals surface area (Å²) in [6.45, 7) is 0.637. The van der Waals surface area contributed by atoms with E-state index in [9.17, 15) is 9.18 Å². The van der Waals surface area contributed by atoms with Crippen molar-refractivity contribution in [2.24, 2.45) is 0 Å². The van der Waals surface area contributed by atoms with E-state index in [2.05, 4.69) is 15.9 Å². The minimum Gasteiger partial charge on any atom is -0.335 e. The van der Waals surface area contributed by atoms with Crippen LogP contribution < -0.4 is 0 Å². The number of carbonyl (C=O) groups is 1. The zero-order chi connectivity index (χ0) is 11.5. The number of carbonyl (C=O) groups excluding carboxylic acids is 1. The standard InChI is InChI=1S/C12H13BrFNO/c13-7-8-15(9-5-6-9)12(16)10-3-1-2-4-11(10)14/h1-4,9H,5-8H2. The van der Waals surface area contributed by atoms with E-state index in [4.69, 9.17) is 0 Å². The van der Waals surface area contributed by atoms with Crippen LogP contribution in [0.1, 0.15) is 23.2 Å². The van der Waals surface area contributed by atoms with E-state index in [0.29, 0.717) is 12.6 Å². The van der Waals surface area contributed by atoms with Crippen LogP contribution in [0.4, 0.5) is 4.39 Å². The molecule has 2 rings (SSSR count). The van der Waals surface area contributed by atoms with Gasteiger partial charge in [-0.2, -0.15) is 0 Å². The van der Waals surface area contributed by atoms with Gasteiger partial charge in [-0.05, 0) is 25.0 Å². The molecule has 0 saturated heterocycles. The molecule has 1 saturated carbocycles. The summed E-state index contributed by atoms with van der Waals surface area (Å²) in [5.74, 6) is -0.632. The Bertz CT molecular complexity index is 392. The third-order valence-corrected chi connectivity index (χ3v) is 3.03. The Kier molecular flexibility index (Phi) is 3.59. The largest absolute Gasteiger partial charge is 0.335 e. The SMILES string of the molecule is O=C(c1ccccc1F)N(CCBr)C1CC1. The van der Waals surface area contributed by atoms with Crippen molar-refractivity contribution in [1.29, 1.82) is 0 Å². The summed E-state index contributed by atoms with van der Waals surface area (Å²) < 4.78 is 13.5. The Hall–Kier alpha value is -0.900. The Labute approximate surface area is 103 Å². The maximum Gasteiger partial charge on any atom is 0.257 e. The molecule has 16 heavy (non-hydrogen) atoms. The predicted octanol–water partition coefficient (Wildman–Crippen LogP) is 2.83. The van der Waals surface area contributed by atoms with Crippen LogP contribution in [-0.4, -0.2) is 28.7 Å². The maximum absolute atomic E-state index is 13.5. The third kappa shape index (κ3) is 2.43. The fourth-order valence-corrected chi connectivity index (χ4v) is 2.10. The Morgan fingerprint density at radius 2 is 2.12 bits per heavy atom. The molecule has 0 bridgehead atoms. The number of rotatable bonds is 4. The van der Waals surface area contributed by atoms with Crippen LogP contribution >= 0.6 is 15.9 Å². The minimum absolute atomic E-state index is 0.176. The lowest BCUT2D eigenvalue weighted by Gasteiger charge is -2.21. The third-order valence-electron chi connectivity index (χ3n) is 2.68. The summed E-state index contributed by atoms with van der Waals surface area (Å²) in [5.41, 5.74) is 0.176. The van der Waals surface area contributed by atoms with Crippen molar-refractivity contribution < 1.29 is 9.18 Å². The second-order valence-corrected chi connectivity index (χ2v) is 4.69. The first-order valence-electron chi connectivity index (χ1n) is 5.35. The van der Waals surface area contributed by atoms with Gasteiger partial charge in [0.15, 0.2) is 0 Å². The second-order valence-electron chi connectivity index (χ2n) is 3.90. The van der Waals surface area contributed by atoms with E-state index in [0.717, 1.165) is 18.2 Å². The van der Waals surface area contributed by atoms with Crippen LogP contribution in [0, 0.1) is 5.82 Å². The van der Waals surface area contributed by atoms with E-state index in [1.807, 2.05) is 0 Å². The van der Waals surface area contributed by atoms with Crippen molar-refractivity contribution in [3.05, 3.63) is 35.6 Å². The average molecular weight is 286 g/mol. The van der Waals surface area contributed by atoms with Gasteiger partial charge in [0.25, 0.3) is 5.91 Å². The molecule has 4 heteroatoms. The molecule has 1 aromatic carbocycles. The molecule has 0 aromatic heterocycles. The summed E-state index contributed by atoms with van der Waals surface area (Å²) >= 11 is 3.32. The van der Waals surface area contributed by atoms with Gasteiger partial charge in [0.2, 0.25) is 0 Å². The normalized spacial score (nSPS) is 14.9. The zero-order valence-corrected chi connectivity index (χ0v) is 10.4. The molecule has 0 unspecified atom stereocenters.